The summed E-state index contributed by atoms with van der Waals surface area (Å²) < 4.78 is 10.8. The molecule has 0 bridgehead atoms. The second kappa shape index (κ2) is 4.02. The Balaban J connectivity index is 1.85. The predicted octanol–water partition coefficient (Wildman–Crippen LogP) is 4.24. The number of fused-ring (bicyclic) bond motifs is 2. The van der Waals surface area contributed by atoms with Crippen molar-refractivity contribution in [2.45, 2.75) is 0 Å². The molecule has 0 fully saturated rings. The standard InChI is InChI=1S/C17H12O2/c1-2-4-13-9-14(6-5-12(13)3-1)15-7-8-16-17(10-15)19-11-18-16/h1-10H,11H2. The topological polar surface area (TPSA) is 18.5 Å². The molecule has 0 saturated heterocycles. The van der Waals surface area contributed by atoms with Crippen molar-refractivity contribution in [2.75, 3.05) is 6.79 Å². The number of hydrogen-bond donors (Lipinski definition) is 0. The molecule has 0 amide bonds. The zero-order chi connectivity index (χ0) is 12.7. The minimum atomic E-state index is 0.316. The molecule has 0 aromatic heterocycles. The van der Waals surface area contributed by atoms with Crippen molar-refractivity contribution in [1.29, 1.82) is 0 Å². The number of hydrogen-bond acceptors (Lipinski definition) is 2. The van der Waals surface area contributed by atoms with Crippen LogP contribution in [0.2, 0.25) is 0 Å². The van der Waals surface area contributed by atoms with Crippen LogP contribution in [0.15, 0.2) is 60.7 Å². The van der Waals surface area contributed by atoms with E-state index in [0.717, 1.165) is 17.1 Å². The Hall–Kier alpha value is -2.48. The van der Waals surface area contributed by atoms with Crippen LogP contribution in [0, 0.1) is 0 Å². The molecule has 4 rings (SSSR count). The molecular formula is C17H12O2. The van der Waals surface area contributed by atoms with E-state index in [1.54, 1.807) is 0 Å². The van der Waals surface area contributed by atoms with Crippen molar-refractivity contribution in [1.82, 2.24) is 0 Å². The van der Waals surface area contributed by atoms with Gasteiger partial charge < -0.3 is 9.47 Å². The first-order valence-electron chi connectivity index (χ1n) is 6.29. The fourth-order valence-corrected chi connectivity index (χ4v) is 2.44. The van der Waals surface area contributed by atoms with Gasteiger partial charge in [0.1, 0.15) is 0 Å². The Kier molecular flexibility index (Phi) is 2.21. The molecule has 1 heterocycles. The van der Waals surface area contributed by atoms with E-state index in [0.29, 0.717) is 6.79 Å². The molecule has 1 aliphatic rings. The number of ether oxygens (including phenoxy) is 2. The zero-order valence-corrected chi connectivity index (χ0v) is 10.3. The van der Waals surface area contributed by atoms with Crippen molar-refractivity contribution in [3.05, 3.63) is 60.7 Å². The molecule has 2 heteroatoms. The summed E-state index contributed by atoms with van der Waals surface area (Å²) >= 11 is 0. The van der Waals surface area contributed by atoms with Crippen LogP contribution in [0.25, 0.3) is 21.9 Å². The average Bonchev–Trinajstić information content (AvgIpc) is 2.94. The van der Waals surface area contributed by atoms with E-state index in [4.69, 9.17) is 9.47 Å². The maximum Gasteiger partial charge on any atom is 0.231 e. The Labute approximate surface area is 111 Å². The molecule has 2 nitrogen and oxygen atoms in total. The van der Waals surface area contributed by atoms with Gasteiger partial charge in [0.05, 0.1) is 0 Å². The highest BCUT2D eigenvalue weighted by molar-refractivity contribution is 5.87. The molecule has 0 unspecified atom stereocenters. The van der Waals surface area contributed by atoms with E-state index < -0.39 is 0 Å². The summed E-state index contributed by atoms with van der Waals surface area (Å²) in [7, 11) is 0. The zero-order valence-electron chi connectivity index (χ0n) is 10.3. The second-order valence-corrected chi connectivity index (χ2v) is 4.63. The number of rotatable bonds is 1. The highest BCUT2D eigenvalue weighted by Crippen LogP contribution is 2.36. The van der Waals surface area contributed by atoms with Crippen LogP contribution in [0.5, 0.6) is 11.5 Å². The molecule has 0 saturated carbocycles. The van der Waals surface area contributed by atoms with Crippen LogP contribution < -0.4 is 9.47 Å². The van der Waals surface area contributed by atoms with E-state index in [-0.39, 0.29) is 0 Å². The van der Waals surface area contributed by atoms with Crippen molar-refractivity contribution in [2.24, 2.45) is 0 Å². The normalized spacial score (nSPS) is 12.8. The molecule has 0 aliphatic carbocycles. The summed E-state index contributed by atoms with van der Waals surface area (Å²) in [4.78, 5) is 0. The van der Waals surface area contributed by atoms with Gasteiger partial charge in [-0.05, 0) is 40.1 Å². The molecule has 19 heavy (non-hydrogen) atoms. The van der Waals surface area contributed by atoms with Crippen LogP contribution >= 0.6 is 0 Å². The van der Waals surface area contributed by atoms with Crippen molar-refractivity contribution in [3.8, 4) is 22.6 Å². The molecule has 3 aromatic carbocycles. The highest BCUT2D eigenvalue weighted by atomic mass is 16.7. The second-order valence-electron chi connectivity index (χ2n) is 4.63. The first-order valence-corrected chi connectivity index (χ1v) is 6.29. The Morgan fingerprint density at radius 1 is 0.632 bits per heavy atom. The first-order chi connectivity index (χ1) is 9.40. The Morgan fingerprint density at radius 2 is 1.37 bits per heavy atom. The van der Waals surface area contributed by atoms with Gasteiger partial charge in [-0.3, -0.25) is 0 Å². The van der Waals surface area contributed by atoms with E-state index >= 15 is 0 Å². The minimum Gasteiger partial charge on any atom is -0.454 e. The smallest absolute Gasteiger partial charge is 0.231 e. The molecule has 1 aliphatic heterocycles. The predicted molar refractivity (Wildman–Crippen MR) is 75.5 cm³/mol. The summed E-state index contributed by atoms with van der Waals surface area (Å²) in [5, 5.41) is 2.50. The van der Waals surface area contributed by atoms with Gasteiger partial charge in [-0.1, -0.05) is 42.5 Å². The number of benzene rings is 3. The van der Waals surface area contributed by atoms with E-state index in [2.05, 4.69) is 48.5 Å². The van der Waals surface area contributed by atoms with Gasteiger partial charge in [0.2, 0.25) is 6.79 Å². The first kappa shape index (κ1) is 10.4. The fourth-order valence-electron chi connectivity index (χ4n) is 2.44. The monoisotopic (exact) mass is 248 g/mol. The van der Waals surface area contributed by atoms with Crippen molar-refractivity contribution >= 4 is 10.8 Å². The van der Waals surface area contributed by atoms with Crippen LogP contribution in [0.3, 0.4) is 0 Å². The summed E-state index contributed by atoms with van der Waals surface area (Å²) in [5.74, 6) is 1.65. The van der Waals surface area contributed by atoms with E-state index in [9.17, 15) is 0 Å². The van der Waals surface area contributed by atoms with Gasteiger partial charge in [-0.15, -0.1) is 0 Å². The fraction of sp³-hybridized carbons (Fsp3) is 0.0588. The van der Waals surface area contributed by atoms with Gasteiger partial charge in [0.15, 0.2) is 11.5 Å². The lowest BCUT2D eigenvalue weighted by atomic mass is 10.0. The quantitative estimate of drug-likeness (QED) is 0.641. The summed E-state index contributed by atoms with van der Waals surface area (Å²) in [6.07, 6.45) is 0. The maximum atomic E-state index is 5.43. The molecule has 0 radical (unpaired) electrons. The maximum absolute atomic E-state index is 5.43. The van der Waals surface area contributed by atoms with Gasteiger partial charge >= 0.3 is 0 Å². The van der Waals surface area contributed by atoms with Gasteiger partial charge in [-0.2, -0.15) is 0 Å². The lowest BCUT2D eigenvalue weighted by molar-refractivity contribution is 0.174. The largest absolute Gasteiger partial charge is 0.454 e. The molecule has 0 atom stereocenters. The Bertz CT molecular complexity index is 762. The summed E-state index contributed by atoms with van der Waals surface area (Å²) in [6.45, 7) is 0.316. The summed E-state index contributed by atoms with van der Waals surface area (Å²) in [5.41, 5.74) is 2.34. The third kappa shape index (κ3) is 1.73. The average molecular weight is 248 g/mol. The van der Waals surface area contributed by atoms with Crippen molar-refractivity contribution in [3.63, 3.8) is 0 Å². The Morgan fingerprint density at radius 3 is 2.32 bits per heavy atom. The third-order valence-corrected chi connectivity index (χ3v) is 3.46. The van der Waals surface area contributed by atoms with Gasteiger partial charge in [-0.25, -0.2) is 0 Å². The molecule has 92 valence electrons. The van der Waals surface area contributed by atoms with Crippen LogP contribution in [-0.2, 0) is 0 Å². The van der Waals surface area contributed by atoms with Crippen LogP contribution in [0.4, 0.5) is 0 Å². The lowest BCUT2D eigenvalue weighted by Crippen LogP contribution is -1.92. The highest BCUT2D eigenvalue weighted by Gasteiger charge is 2.13. The summed E-state index contributed by atoms with van der Waals surface area (Å²) in [6, 6.07) is 20.9. The van der Waals surface area contributed by atoms with Crippen LogP contribution in [0.1, 0.15) is 0 Å². The van der Waals surface area contributed by atoms with Gasteiger partial charge in [0.25, 0.3) is 0 Å². The third-order valence-electron chi connectivity index (χ3n) is 3.46. The van der Waals surface area contributed by atoms with E-state index in [1.807, 2.05) is 12.1 Å². The molecule has 3 aromatic rings. The van der Waals surface area contributed by atoms with Gasteiger partial charge in [0, 0.05) is 0 Å². The molecular weight excluding hydrogens is 236 g/mol. The van der Waals surface area contributed by atoms with Crippen LogP contribution in [-0.4, -0.2) is 6.79 Å². The lowest BCUT2D eigenvalue weighted by Gasteiger charge is -2.05. The van der Waals surface area contributed by atoms with E-state index in [1.165, 1.54) is 16.3 Å². The SMILES string of the molecule is c1ccc2cc(-c3ccc4c(c3)OCO4)ccc2c1. The minimum absolute atomic E-state index is 0.316. The van der Waals surface area contributed by atoms with Crippen molar-refractivity contribution < 1.29 is 9.47 Å². The molecule has 0 N–H and O–H groups in total. The molecule has 0 spiro atoms.